The summed E-state index contributed by atoms with van der Waals surface area (Å²) in [5.74, 6) is -0.710. The molecule has 1 unspecified atom stereocenters. The molecule has 0 aliphatic carbocycles. The summed E-state index contributed by atoms with van der Waals surface area (Å²) < 4.78 is 20.0. The number of methoxy groups -OCH3 is 1. The topological polar surface area (TPSA) is 246 Å². The molecular formula is C45H48BrN14O6P. The van der Waals surface area contributed by atoms with E-state index < -0.39 is 19.0 Å². The van der Waals surface area contributed by atoms with Crippen LogP contribution in [0.25, 0.3) is 11.0 Å². The molecule has 67 heavy (non-hydrogen) atoms. The minimum absolute atomic E-state index is 0.0132. The van der Waals surface area contributed by atoms with Crippen LogP contribution in [-0.4, -0.2) is 134 Å². The van der Waals surface area contributed by atoms with E-state index in [0.717, 1.165) is 49.4 Å². The summed E-state index contributed by atoms with van der Waals surface area (Å²) in [6.45, 7) is 9.76. The van der Waals surface area contributed by atoms with Crippen LogP contribution in [0.4, 0.5) is 34.5 Å². The lowest BCUT2D eigenvalue weighted by molar-refractivity contribution is -0.134. The molecule has 3 aromatic heterocycles. The zero-order valence-electron chi connectivity index (χ0n) is 37.2. The van der Waals surface area contributed by atoms with E-state index in [0.29, 0.717) is 74.9 Å². The summed E-state index contributed by atoms with van der Waals surface area (Å²) in [7, 11) is -1.17. The maximum atomic E-state index is 13.5. The van der Waals surface area contributed by atoms with E-state index in [9.17, 15) is 23.7 Å². The Hall–Kier alpha value is -6.83. The van der Waals surface area contributed by atoms with Crippen molar-refractivity contribution >= 4 is 97.6 Å². The molecule has 3 aromatic carbocycles. The van der Waals surface area contributed by atoms with E-state index in [2.05, 4.69) is 90.1 Å². The lowest BCUT2D eigenvalue weighted by Gasteiger charge is -2.48. The third-order valence-corrected chi connectivity index (χ3v) is 14.3. The number of hydrogen-bond acceptors (Lipinski definition) is 16. The van der Waals surface area contributed by atoms with Gasteiger partial charge >= 0.3 is 0 Å². The minimum atomic E-state index is -2.80. The molecule has 3 aliphatic heterocycles. The lowest BCUT2D eigenvalue weighted by Crippen LogP contribution is -2.64. The molecule has 20 nitrogen and oxygen atoms in total. The highest BCUT2D eigenvalue weighted by Crippen LogP contribution is 2.42. The molecule has 346 valence electrons. The molecule has 3 saturated heterocycles. The van der Waals surface area contributed by atoms with Gasteiger partial charge in [0.2, 0.25) is 29.4 Å². The van der Waals surface area contributed by atoms with Crippen molar-refractivity contribution in [3.63, 3.8) is 0 Å². The number of imide groups is 1. The van der Waals surface area contributed by atoms with Crippen LogP contribution in [-0.2, 0) is 20.6 Å². The highest BCUT2D eigenvalue weighted by Gasteiger charge is 2.38. The number of hydrogen-bond donors (Lipinski definition) is 5. The van der Waals surface area contributed by atoms with Crippen LogP contribution in [0.15, 0.2) is 71.6 Å². The van der Waals surface area contributed by atoms with Gasteiger partial charge in [-0.2, -0.15) is 9.97 Å². The number of aryl methyl sites for hydroxylation is 1. The quantitative estimate of drug-likeness (QED) is 0.0753. The van der Waals surface area contributed by atoms with Crippen molar-refractivity contribution in [3.8, 4) is 5.75 Å². The zero-order chi connectivity index (χ0) is 47.0. The molecule has 0 bridgehead atoms. The predicted molar refractivity (Wildman–Crippen MR) is 257 cm³/mol. The molecule has 6 aromatic rings. The Kier molecular flexibility index (Phi) is 12.7. The fourth-order valence-electron chi connectivity index (χ4n) is 8.68. The Labute approximate surface area is 393 Å². The first-order valence-electron chi connectivity index (χ1n) is 21.8. The standard InChI is InChI=1S/C45H48BrN14O6P/c1-5-25-20-33(52-45-49-22-30(46)39(55-45)51-32-12-11-31-37(48-15-14-47-31)38(32)67(3,4)65)35(66-2)21-34(25)59-18-16-58(17-19-59)28-23-60(24-28)44(64)41-54-40(56-57-41)43(63)50-27-8-6-26(7-9-27)29-10-13-36(61)53-42(29)62/h6-9,11-12,14-15,20-22,28-29H,5,10,13,16-19,23-24H2,1-4H3,(H,50,63)(H,53,61,62)(H,54,56,57)(H2,49,51,52,55). The van der Waals surface area contributed by atoms with Gasteiger partial charge in [0.25, 0.3) is 11.8 Å². The number of piperazine rings is 1. The molecule has 1 atom stereocenters. The molecule has 6 heterocycles. The Morgan fingerprint density at radius 3 is 2.42 bits per heavy atom. The Morgan fingerprint density at radius 2 is 1.70 bits per heavy atom. The van der Waals surface area contributed by atoms with E-state index in [1.54, 1.807) is 68.2 Å². The second-order valence-corrected chi connectivity index (χ2v) is 20.9. The molecule has 3 fully saturated rings. The van der Waals surface area contributed by atoms with Gasteiger partial charge in [0.15, 0.2) is 0 Å². The Morgan fingerprint density at radius 1 is 0.940 bits per heavy atom. The van der Waals surface area contributed by atoms with Crippen LogP contribution in [0.1, 0.15) is 58.0 Å². The minimum Gasteiger partial charge on any atom is -0.494 e. The maximum absolute atomic E-state index is 13.5. The van der Waals surface area contributed by atoms with Gasteiger partial charge in [0, 0.05) is 87.8 Å². The van der Waals surface area contributed by atoms with Crippen molar-refractivity contribution in [3.05, 3.63) is 94.4 Å². The van der Waals surface area contributed by atoms with E-state index in [1.165, 1.54) is 0 Å². The average molecular weight is 992 g/mol. The Bertz CT molecular complexity index is 2950. The number of piperidine rings is 1. The first-order chi connectivity index (χ1) is 32.3. The van der Waals surface area contributed by atoms with Crippen molar-refractivity contribution in [2.75, 3.05) is 80.6 Å². The number of amides is 4. The smallest absolute Gasteiger partial charge is 0.295 e. The number of ether oxygens (including phenoxy) is 1. The van der Waals surface area contributed by atoms with E-state index in [1.807, 2.05) is 18.2 Å². The molecule has 3 aliphatic rings. The highest BCUT2D eigenvalue weighted by atomic mass is 79.9. The van der Waals surface area contributed by atoms with Gasteiger partial charge in [-0.1, -0.05) is 19.1 Å². The van der Waals surface area contributed by atoms with Crippen LogP contribution in [0, 0.1) is 0 Å². The number of H-pyrrole nitrogens is 1. The number of fused-ring (bicyclic) bond motifs is 1. The highest BCUT2D eigenvalue weighted by molar-refractivity contribution is 9.10. The number of carbonyl (C=O) groups excluding carboxylic acids is 4. The van der Waals surface area contributed by atoms with Crippen molar-refractivity contribution in [2.45, 2.75) is 38.1 Å². The van der Waals surface area contributed by atoms with E-state index in [4.69, 9.17) is 9.72 Å². The number of aromatic nitrogens is 7. The average Bonchev–Trinajstić information content (AvgIpc) is 3.81. The first-order valence-corrected chi connectivity index (χ1v) is 25.2. The SMILES string of the molecule is CCc1cc(Nc2ncc(Br)c(Nc3ccc4nccnc4c3P(C)(C)=O)n2)c(OC)cc1N1CCN(C2CN(C(=O)c3nc(C(=O)Nc4ccc(C5CCC(=O)NC5=O)cc4)n[nH]3)C2)CC1. The molecule has 0 spiro atoms. The van der Waals surface area contributed by atoms with Gasteiger partial charge in [-0.3, -0.25) is 44.5 Å². The predicted octanol–water partition coefficient (Wildman–Crippen LogP) is 5.03. The number of halogens is 1. The zero-order valence-corrected chi connectivity index (χ0v) is 39.6. The third kappa shape index (κ3) is 9.57. The van der Waals surface area contributed by atoms with Crippen LogP contribution in [0.2, 0.25) is 0 Å². The maximum Gasteiger partial charge on any atom is 0.295 e. The molecule has 9 rings (SSSR count). The molecule has 0 saturated carbocycles. The largest absolute Gasteiger partial charge is 0.494 e. The molecular weight excluding hydrogens is 943 g/mol. The molecule has 0 radical (unpaired) electrons. The lowest BCUT2D eigenvalue weighted by atomic mass is 9.90. The summed E-state index contributed by atoms with van der Waals surface area (Å²) in [4.78, 5) is 78.8. The number of benzene rings is 3. The summed E-state index contributed by atoms with van der Waals surface area (Å²) >= 11 is 3.57. The van der Waals surface area contributed by atoms with Crippen LogP contribution in [0.5, 0.6) is 5.75 Å². The van der Waals surface area contributed by atoms with Gasteiger partial charge in [0.1, 0.15) is 24.2 Å². The normalized spacial score (nSPS) is 16.9. The van der Waals surface area contributed by atoms with E-state index in [-0.39, 0.29) is 41.8 Å². The van der Waals surface area contributed by atoms with Gasteiger partial charge in [-0.05, 0) is 83.6 Å². The monoisotopic (exact) mass is 990 g/mol. The molecule has 4 amide bonds. The van der Waals surface area contributed by atoms with Gasteiger partial charge < -0.3 is 35.1 Å². The number of aromatic amines is 1. The van der Waals surface area contributed by atoms with Crippen LogP contribution >= 0.6 is 23.1 Å². The molecule has 22 heteroatoms. The summed E-state index contributed by atoms with van der Waals surface area (Å²) in [5, 5.41) is 19.0. The summed E-state index contributed by atoms with van der Waals surface area (Å²) in [6.07, 6.45) is 6.32. The summed E-state index contributed by atoms with van der Waals surface area (Å²) in [6, 6.07) is 14.8. The third-order valence-electron chi connectivity index (χ3n) is 12.2. The number of anilines is 6. The summed E-state index contributed by atoms with van der Waals surface area (Å²) in [5.41, 5.74) is 5.97. The van der Waals surface area contributed by atoms with Crippen LogP contribution < -0.4 is 36.2 Å². The number of carbonyl (C=O) groups is 4. The van der Waals surface area contributed by atoms with Crippen molar-refractivity contribution < 1.29 is 28.5 Å². The number of likely N-dealkylation sites (tertiary alicyclic amines) is 1. The van der Waals surface area contributed by atoms with Crippen molar-refractivity contribution in [2.24, 2.45) is 0 Å². The van der Waals surface area contributed by atoms with Gasteiger partial charge in [-0.25, -0.2) is 4.98 Å². The fraction of sp³-hybridized carbons (Fsp3) is 0.333. The number of nitrogens with one attached hydrogen (secondary N) is 5. The number of nitrogens with zero attached hydrogens (tertiary/aromatic N) is 9. The fourth-order valence-corrected chi connectivity index (χ4v) is 10.4. The number of rotatable bonds is 13. The van der Waals surface area contributed by atoms with Crippen LogP contribution in [0.3, 0.4) is 0 Å². The second-order valence-electron chi connectivity index (χ2n) is 16.9. The van der Waals surface area contributed by atoms with Gasteiger partial charge in [-0.15, -0.1) is 5.10 Å². The van der Waals surface area contributed by atoms with Gasteiger partial charge in [0.05, 0.1) is 39.7 Å². The van der Waals surface area contributed by atoms with Crippen molar-refractivity contribution in [1.82, 2.24) is 50.2 Å². The Balaban J connectivity index is 0.789. The van der Waals surface area contributed by atoms with E-state index >= 15 is 0 Å². The molecule has 5 N–H and O–H groups in total. The second kappa shape index (κ2) is 18.8. The first kappa shape index (κ1) is 45.3. The van der Waals surface area contributed by atoms with Crippen molar-refractivity contribution in [1.29, 1.82) is 0 Å².